The third-order valence-electron chi connectivity index (χ3n) is 4.75. The summed E-state index contributed by atoms with van der Waals surface area (Å²) in [5, 5.41) is 27.7. The van der Waals surface area contributed by atoms with Crippen LogP contribution in [-0.4, -0.2) is 66.2 Å². The van der Waals surface area contributed by atoms with Crippen molar-refractivity contribution in [2.45, 2.75) is 44.0 Å². The number of hydrogen-bond donors (Lipinski definition) is 4. The summed E-state index contributed by atoms with van der Waals surface area (Å²) in [6.07, 6.45) is -2.44. The minimum atomic E-state index is -4.72. The van der Waals surface area contributed by atoms with Crippen molar-refractivity contribution in [3.8, 4) is 11.4 Å². The average Bonchev–Trinajstić information content (AvgIpc) is 3.41. The number of alkyl halides is 3. The van der Waals surface area contributed by atoms with E-state index in [0.29, 0.717) is 28.8 Å². The van der Waals surface area contributed by atoms with Crippen LogP contribution in [0, 0.1) is 0 Å². The van der Waals surface area contributed by atoms with Crippen molar-refractivity contribution in [3.63, 3.8) is 0 Å². The monoisotopic (exact) mass is 469 g/mol. The van der Waals surface area contributed by atoms with Crippen molar-refractivity contribution in [2.75, 3.05) is 11.9 Å². The molecule has 1 saturated carbocycles. The summed E-state index contributed by atoms with van der Waals surface area (Å²) in [5.74, 6) is 0.703. The molecule has 2 heterocycles. The van der Waals surface area contributed by atoms with E-state index in [4.69, 9.17) is 19.7 Å². The molecule has 1 aliphatic rings. The summed E-state index contributed by atoms with van der Waals surface area (Å²) in [6, 6.07) is 6.58. The van der Waals surface area contributed by atoms with Gasteiger partial charge < -0.3 is 26.0 Å². The van der Waals surface area contributed by atoms with Crippen LogP contribution in [0.1, 0.15) is 25.7 Å². The molecule has 5 N–H and O–H groups in total. The van der Waals surface area contributed by atoms with Gasteiger partial charge in [0, 0.05) is 6.04 Å². The number of anilines is 1. The van der Waals surface area contributed by atoms with Crippen LogP contribution in [0.25, 0.3) is 16.9 Å². The molecule has 0 radical (unpaired) electrons. The maximum absolute atomic E-state index is 12.3. The standard InChI is InChI=1S/C18H19F3N6O2.CH3NO2/c19-18(20,21)15(28)10-29-13-7-5-12(6-8-13)27-16-14(25-26-27)9-22-17(24-16)23-11-3-1-2-4-11;2-1(3)4/h5-9,11,15,28H,1-4,10H2,(H,22,23,24);2H2,(H,3,4)/t15-;/m0./s1. The van der Waals surface area contributed by atoms with Gasteiger partial charge in [-0.15, -0.1) is 5.10 Å². The molecule has 0 saturated heterocycles. The highest BCUT2D eigenvalue weighted by Crippen LogP contribution is 2.24. The topological polar surface area (TPSA) is 161 Å². The van der Waals surface area contributed by atoms with Gasteiger partial charge in [0.25, 0.3) is 0 Å². The van der Waals surface area contributed by atoms with Crippen molar-refractivity contribution in [3.05, 3.63) is 30.5 Å². The molecule has 4 rings (SSSR count). The molecule has 3 aromatic rings. The fraction of sp³-hybridized carbons (Fsp3) is 0.421. The number of aliphatic hydroxyl groups is 1. The number of aliphatic hydroxyl groups excluding tert-OH is 1. The molecular formula is C19H22F3N7O4. The predicted octanol–water partition coefficient (Wildman–Crippen LogP) is 2.49. The Balaban J connectivity index is 0.000000709. The summed E-state index contributed by atoms with van der Waals surface area (Å²) >= 11 is 0. The van der Waals surface area contributed by atoms with E-state index in [1.807, 2.05) is 0 Å². The van der Waals surface area contributed by atoms with Gasteiger partial charge >= 0.3 is 12.3 Å². The number of fused-ring (bicyclic) bond motifs is 1. The van der Waals surface area contributed by atoms with Crippen molar-refractivity contribution in [2.24, 2.45) is 5.73 Å². The maximum atomic E-state index is 12.3. The number of ether oxygens (including phenoxy) is 1. The van der Waals surface area contributed by atoms with Crippen LogP contribution in [0.15, 0.2) is 30.5 Å². The number of carboxylic acid groups (broad SMARTS) is 1. The lowest BCUT2D eigenvalue weighted by Crippen LogP contribution is -2.34. The fourth-order valence-corrected chi connectivity index (χ4v) is 3.18. The highest BCUT2D eigenvalue weighted by Gasteiger charge is 2.38. The van der Waals surface area contributed by atoms with E-state index in [9.17, 15) is 13.2 Å². The Labute approximate surface area is 185 Å². The number of aromatic nitrogens is 5. The van der Waals surface area contributed by atoms with E-state index >= 15 is 0 Å². The number of carbonyl (C=O) groups is 1. The smallest absolute Gasteiger partial charge is 0.417 e. The first-order chi connectivity index (χ1) is 15.6. The number of amides is 1. The number of halogens is 3. The van der Waals surface area contributed by atoms with Crippen LogP contribution >= 0.6 is 0 Å². The van der Waals surface area contributed by atoms with Crippen molar-refractivity contribution in [1.82, 2.24) is 25.0 Å². The molecule has 33 heavy (non-hydrogen) atoms. The van der Waals surface area contributed by atoms with Crippen LogP contribution in [-0.2, 0) is 0 Å². The second-order valence-corrected chi connectivity index (χ2v) is 7.23. The number of nitrogens with two attached hydrogens (primary N) is 1. The summed E-state index contributed by atoms with van der Waals surface area (Å²) < 4.78 is 43.6. The zero-order valence-electron chi connectivity index (χ0n) is 17.2. The largest absolute Gasteiger partial charge is 0.491 e. The van der Waals surface area contributed by atoms with Gasteiger partial charge in [0.05, 0.1) is 11.9 Å². The Bertz CT molecular complexity index is 1070. The highest BCUT2D eigenvalue weighted by atomic mass is 19.4. The fourth-order valence-electron chi connectivity index (χ4n) is 3.18. The molecule has 0 aliphatic heterocycles. The summed E-state index contributed by atoms with van der Waals surface area (Å²) in [4.78, 5) is 17.6. The zero-order valence-corrected chi connectivity index (χ0v) is 17.2. The van der Waals surface area contributed by atoms with Crippen LogP contribution in [0.3, 0.4) is 0 Å². The number of nitrogens with one attached hydrogen (secondary N) is 1. The van der Waals surface area contributed by atoms with Gasteiger partial charge in [-0.3, -0.25) is 0 Å². The van der Waals surface area contributed by atoms with Gasteiger partial charge in [0.15, 0.2) is 17.3 Å². The number of rotatable bonds is 6. The molecule has 1 atom stereocenters. The van der Waals surface area contributed by atoms with Gasteiger partial charge in [0.2, 0.25) is 5.95 Å². The third kappa shape index (κ3) is 6.65. The normalized spacial score (nSPS) is 15.0. The first-order valence-electron chi connectivity index (χ1n) is 9.95. The quantitative estimate of drug-likeness (QED) is 0.425. The third-order valence-corrected chi connectivity index (χ3v) is 4.75. The molecule has 0 bridgehead atoms. The average molecular weight is 469 g/mol. The number of nitrogens with zero attached hydrogens (tertiary/aromatic N) is 5. The SMILES string of the molecule is NC(=O)O.O[C@@H](COc1ccc(-n2nnc3cnc(NC4CCCC4)nc32)cc1)C(F)(F)F. The second kappa shape index (κ2) is 10.3. The molecule has 1 aromatic carbocycles. The Morgan fingerprint density at radius 2 is 1.91 bits per heavy atom. The molecular weight excluding hydrogens is 447 g/mol. The number of hydrogen-bond acceptors (Lipinski definition) is 8. The van der Waals surface area contributed by atoms with Crippen LogP contribution in [0.2, 0.25) is 0 Å². The van der Waals surface area contributed by atoms with Crippen LogP contribution < -0.4 is 15.8 Å². The Morgan fingerprint density at radius 1 is 1.27 bits per heavy atom. The van der Waals surface area contributed by atoms with Gasteiger partial charge in [-0.25, -0.2) is 9.78 Å². The number of primary amides is 1. The van der Waals surface area contributed by atoms with E-state index in [0.717, 1.165) is 12.8 Å². The Hall–Kier alpha value is -3.68. The van der Waals surface area contributed by atoms with Crippen molar-refractivity contribution in [1.29, 1.82) is 0 Å². The molecule has 11 nitrogen and oxygen atoms in total. The van der Waals surface area contributed by atoms with E-state index in [1.54, 1.807) is 18.3 Å². The first-order valence-corrected chi connectivity index (χ1v) is 9.95. The molecule has 0 unspecified atom stereocenters. The second-order valence-electron chi connectivity index (χ2n) is 7.23. The summed E-state index contributed by atoms with van der Waals surface area (Å²) in [7, 11) is 0. The Kier molecular flexibility index (Phi) is 7.48. The molecule has 178 valence electrons. The van der Waals surface area contributed by atoms with E-state index in [2.05, 4.69) is 31.3 Å². The molecule has 1 fully saturated rings. The minimum Gasteiger partial charge on any atom is -0.491 e. The minimum absolute atomic E-state index is 0.194. The highest BCUT2D eigenvalue weighted by molar-refractivity contribution is 5.72. The van der Waals surface area contributed by atoms with Crippen molar-refractivity contribution < 1.29 is 32.9 Å². The zero-order chi connectivity index (χ0) is 24.0. The lowest BCUT2D eigenvalue weighted by atomic mass is 10.2. The van der Waals surface area contributed by atoms with Crippen LogP contribution in [0.4, 0.5) is 23.9 Å². The molecule has 14 heteroatoms. The van der Waals surface area contributed by atoms with Gasteiger partial charge in [-0.2, -0.15) is 22.8 Å². The van der Waals surface area contributed by atoms with Gasteiger partial charge in [-0.1, -0.05) is 18.1 Å². The van der Waals surface area contributed by atoms with E-state index < -0.39 is 25.0 Å². The maximum Gasteiger partial charge on any atom is 0.417 e. The summed E-state index contributed by atoms with van der Waals surface area (Å²) in [6.45, 7) is -0.876. The van der Waals surface area contributed by atoms with Gasteiger partial charge in [0.1, 0.15) is 12.4 Å². The molecule has 2 aromatic heterocycles. The van der Waals surface area contributed by atoms with E-state index in [-0.39, 0.29) is 5.75 Å². The number of benzene rings is 1. The predicted molar refractivity (Wildman–Crippen MR) is 110 cm³/mol. The van der Waals surface area contributed by atoms with Gasteiger partial charge in [-0.05, 0) is 37.1 Å². The Morgan fingerprint density at radius 3 is 2.52 bits per heavy atom. The van der Waals surface area contributed by atoms with Crippen molar-refractivity contribution >= 4 is 23.2 Å². The molecule has 1 amide bonds. The van der Waals surface area contributed by atoms with E-state index in [1.165, 1.54) is 29.7 Å². The first kappa shape index (κ1) is 24.0. The lowest BCUT2D eigenvalue weighted by molar-refractivity contribution is -0.210. The lowest BCUT2D eigenvalue weighted by Gasteiger charge is -2.15. The van der Waals surface area contributed by atoms with Crippen LogP contribution in [0.5, 0.6) is 5.75 Å². The summed E-state index contributed by atoms with van der Waals surface area (Å²) in [5.41, 5.74) is 5.68. The molecule has 0 spiro atoms. The molecule has 1 aliphatic carbocycles.